The van der Waals surface area contributed by atoms with Gasteiger partial charge in [0.1, 0.15) is 0 Å². The Morgan fingerprint density at radius 1 is 1.03 bits per heavy atom. The van der Waals surface area contributed by atoms with Crippen molar-refractivity contribution < 1.29 is 4.79 Å². The molecular weight excluding hydrogens is 442 g/mol. The van der Waals surface area contributed by atoms with Gasteiger partial charge in [-0.3, -0.25) is 4.79 Å². The standard InChI is InChI=1S/C32H41N3O/c1-20-14-21(2)25(22(3)15-20)19-28(33)31(36)35-29-12-13-34-30-26(29)17-24(18-27(30)32(4,5)6)16-23-10-8-7-9-11-23/h7-11,14-15,17-18,28-29,34H,12-13,16,19,33H2,1-6H3,(H,35,36)/t28-,29+/m0/s1. The zero-order chi connectivity index (χ0) is 26.0. The molecule has 1 amide bonds. The van der Waals surface area contributed by atoms with Crippen molar-refractivity contribution in [3.05, 3.63) is 99.1 Å². The summed E-state index contributed by atoms with van der Waals surface area (Å²) in [4.78, 5) is 13.3. The molecule has 2 atom stereocenters. The summed E-state index contributed by atoms with van der Waals surface area (Å²) in [5.41, 5.74) is 17.4. The number of rotatable bonds is 6. The highest BCUT2D eigenvalue weighted by Crippen LogP contribution is 2.40. The van der Waals surface area contributed by atoms with Gasteiger partial charge in [-0.1, -0.05) is 80.9 Å². The van der Waals surface area contributed by atoms with Gasteiger partial charge in [-0.05, 0) is 84.4 Å². The molecule has 36 heavy (non-hydrogen) atoms. The first-order chi connectivity index (χ1) is 17.0. The third-order valence-electron chi connectivity index (χ3n) is 7.32. The van der Waals surface area contributed by atoms with Crippen LogP contribution >= 0.6 is 0 Å². The summed E-state index contributed by atoms with van der Waals surface area (Å²) < 4.78 is 0. The van der Waals surface area contributed by atoms with Crippen LogP contribution in [0.15, 0.2) is 54.6 Å². The number of anilines is 1. The van der Waals surface area contributed by atoms with Gasteiger partial charge in [-0.15, -0.1) is 0 Å². The van der Waals surface area contributed by atoms with Crippen LogP contribution in [0.1, 0.15) is 77.7 Å². The number of benzene rings is 3. The maximum absolute atomic E-state index is 13.3. The van der Waals surface area contributed by atoms with E-state index in [2.05, 4.69) is 107 Å². The van der Waals surface area contributed by atoms with Gasteiger partial charge in [-0.25, -0.2) is 0 Å². The summed E-state index contributed by atoms with van der Waals surface area (Å²) in [6.07, 6.45) is 2.25. The summed E-state index contributed by atoms with van der Waals surface area (Å²) >= 11 is 0. The second-order valence-electron chi connectivity index (χ2n) is 11.5. The Balaban J connectivity index is 1.60. The Labute approximate surface area is 216 Å². The molecule has 0 spiro atoms. The molecule has 0 aliphatic carbocycles. The van der Waals surface area contributed by atoms with Crippen molar-refractivity contribution in [2.24, 2.45) is 5.73 Å². The summed E-state index contributed by atoms with van der Waals surface area (Å²) in [6.45, 7) is 13.9. The first kappa shape index (κ1) is 26.0. The number of amides is 1. The third kappa shape index (κ3) is 5.82. The van der Waals surface area contributed by atoms with Crippen LogP contribution in [0.3, 0.4) is 0 Å². The van der Waals surface area contributed by atoms with Gasteiger partial charge in [0.2, 0.25) is 5.91 Å². The number of hydrogen-bond acceptors (Lipinski definition) is 3. The highest BCUT2D eigenvalue weighted by Gasteiger charge is 2.30. The predicted molar refractivity (Wildman–Crippen MR) is 151 cm³/mol. The minimum Gasteiger partial charge on any atom is -0.384 e. The fourth-order valence-electron chi connectivity index (χ4n) is 5.49. The number of fused-ring (bicyclic) bond motifs is 1. The number of nitrogens with one attached hydrogen (secondary N) is 2. The monoisotopic (exact) mass is 483 g/mol. The molecular formula is C32H41N3O. The van der Waals surface area contributed by atoms with E-state index in [1.165, 1.54) is 44.5 Å². The lowest BCUT2D eigenvalue weighted by molar-refractivity contribution is -0.123. The van der Waals surface area contributed by atoms with E-state index < -0.39 is 6.04 Å². The van der Waals surface area contributed by atoms with E-state index in [4.69, 9.17) is 5.73 Å². The Kier molecular flexibility index (Phi) is 7.56. The van der Waals surface area contributed by atoms with Crippen molar-refractivity contribution in [2.75, 3.05) is 11.9 Å². The fraction of sp³-hybridized carbons (Fsp3) is 0.406. The second kappa shape index (κ2) is 10.5. The molecule has 4 nitrogen and oxygen atoms in total. The van der Waals surface area contributed by atoms with E-state index >= 15 is 0 Å². The molecule has 4 N–H and O–H groups in total. The number of aryl methyl sites for hydroxylation is 3. The fourth-order valence-corrected chi connectivity index (χ4v) is 5.49. The Morgan fingerprint density at radius 3 is 2.33 bits per heavy atom. The maximum atomic E-state index is 13.3. The lowest BCUT2D eigenvalue weighted by atomic mass is 9.80. The summed E-state index contributed by atoms with van der Waals surface area (Å²) in [5.74, 6) is -0.0852. The number of nitrogens with two attached hydrogens (primary N) is 1. The lowest BCUT2D eigenvalue weighted by Gasteiger charge is -2.34. The SMILES string of the molecule is Cc1cc(C)c(C[C@H](N)C(=O)N[C@@H]2CCNc3c2cc(Cc2ccccc2)cc3C(C)(C)C)c(C)c1. The molecule has 1 heterocycles. The Bertz CT molecular complexity index is 1220. The molecule has 190 valence electrons. The van der Waals surface area contributed by atoms with E-state index in [-0.39, 0.29) is 17.4 Å². The number of hydrogen-bond donors (Lipinski definition) is 3. The third-order valence-corrected chi connectivity index (χ3v) is 7.32. The van der Waals surface area contributed by atoms with Crippen molar-refractivity contribution in [1.29, 1.82) is 0 Å². The van der Waals surface area contributed by atoms with E-state index in [1.807, 2.05) is 0 Å². The lowest BCUT2D eigenvalue weighted by Crippen LogP contribution is -2.45. The highest BCUT2D eigenvalue weighted by molar-refractivity contribution is 5.83. The van der Waals surface area contributed by atoms with Crippen LogP contribution in [0.25, 0.3) is 0 Å². The van der Waals surface area contributed by atoms with Gasteiger partial charge in [0.25, 0.3) is 0 Å². The van der Waals surface area contributed by atoms with E-state index in [1.54, 1.807) is 0 Å². The van der Waals surface area contributed by atoms with Gasteiger partial charge in [-0.2, -0.15) is 0 Å². The van der Waals surface area contributed by atoms with Gasteiger partial charge in [0, 0.05) is 12.2 Å². The van der Waals surface area contributed by atoms with Crippen molar-refractivity contribution in [3.8, 4) is 0 Å². The van der Waals surface area contributed by atoms with Crippen LogP contribution in [0, 0.1) is 20.8 Å². The molecule has 3 aromatic carbocycles. The molecule has 0 radical (unpaired) electrons. The number of carbonyl (C=O) groups is 1. The van der Waals surface area contributed by atoms with Gasteiger partial charge in [0.15, 0.2) is 0 Å². The van der Waals surface area contributed by atoms with E-state index in [9.17, 15) is 4.79 Å². The van der Waals surface area contributed by atoms with E-state index in [0.717, 1.165) is 25.1 Å². The smallest absolute Gasteiger partial charge is 0.237 e. The summed E-state index contributed by atoms with van der Waals surface area (Å²) in [6, 6.07) is 18.8. The average Bonchev–Trinajstić information content (AvgIpc) is 2.81. The van der Waals surface area contributed by atoms with Crippen LogP contribution in [0.5, 0.6) is 0 Å². The maximum Gasteiger partial charge on any atom is 0.237 e. The minimum atomic E-state index is -0.585. The van der Waals surface area contributed by atoms with E-state index in [0.29, 0.717) is 6.42 Å². The topological polar surface area (TPSA) is 67.2 Å². The largest absolute Gasteiger partial charge is 0.384 e. The first-order valence-corrected chi connectivity index (χ1v) is 13.1. The molecule has 0 unspecified atom stereocenters. The molecule has 4 heteroatoms. The predicted octanol–water partition coefficient (Wildman–Crippen LogP) is 6.04. The van der Waals surface area contributed by atoms with Crippen molar-refractivity contribution in [3.63, 3.8) is 0 Å². The second-order valence-corrected chi connectivity index (χ2v) is 11.5. The molecule has 1 aliphatic heterocycles. The Hall–Kier alpha value is -3.11. The minimum absolute atomic E-state index is 0.0213. The van der Waals surface area contributed by atoms with Gasteiger partial charge < -0.3 is 16.4 Å². The first-order valence-electron chi connectivity index (χ1n) is 13.1. The summed E-state index contributed by atoms with van der Waals surface area (Å²) in [7, 11) is 0. The molecule has 0 bridgehead atoms. The average molecular weight is 484 g/mol. The molecule has 0 saturated heterocycles. The van der Waals surface area contributed by atoms with Crippen LogP contribution in [0.4, 0.5) is 5.69 Å². The number of carbonyl (C=O) groups excluding carboxylic acids is 1. The quantitative estimate of drug-likeness (QED) is 0.400. The van der Waals surface area contributed by atoms with Gasteiger partial charge >= 0.3 is 0 Å². The molecule has 4 rings (SSSR count). The zero-order valence-electron chi connectivity index (χ0n) is 22.7. The van der Waals surface area contributed by atoms with Gasteiger partial charge in [0.05, 0.1) is 12.1 Å². The molecule has 0 aromatic heterocycles. The normalized spacial score (nSPS) is 16.1. The van der Waals surface area contributed by atoms with Crippen LogP contribution in [0.2, 0.25) is 0 Å². The van der Waals surface area contributed by atoms with Crippen LogP contribution in [-0.2, 0) is 23.1 Å². The molecule has 0 saturated carbocycles. The summed E-state index contributed by atoms with van der Waals surface area (Å²) in [5, 5.41) is 6.95. The zero-order valence-corrected chi connectivity index (χ0v) is 22.7. The van der Waals surface area contributed by atoms with Crippen LogP contribution in [-0.4, -0.2) is 18.5 Å². The van der Waals surface area contributed by atoms with Crippen molar-refractivity contribution in [2.45, 2.75) is 78.3 Å². The molecule has 3 aromatic rings. The molecule has 1 aliphatic rings. The highest BCUT2D eigenvalue weighted by atomic mass is 16.2. The molecule has 0 fully saturated rings. The van der Waals surface area contributed by atoms with Crippen molar-refractivity contribution >= 4 is 11.6 Å². The van der Waals surface area contributed by atoms with Crippen LogP contribution < -0.4 is 16.4 Å². The van der Waals surface area contributed by atoms with Crippen molar-refractivity contribution in [1.82, 2.24) is 5.32 Å². The Morgan fingerprint density at radius 2 is 1.69 bits per heavy atom.